The Kier molecular flexibility index (Phi) is 10.1. The number of carbonyl (C=O) groups is 2. The lowest BCUT2D eigenvalue weighted by molar-refractivity contribution is -0.122. The number of aryl methyl sites for hydroxylation is 2. The molecule has 1 N–H and O–H groups in total. The Morgan fingerprint density at radius 2 is 1.92 bits per heavy atom. The minimum atomic E-state index is -0.458. The molecular formula is C33H45ClN2O3. The van der Waals surface area contributed by atoms with E-state index < -0.39 is 5.41 Å². The van der Waals surface area contributed by atoms with Gasteiger partial charge in [-0.1, -0.05) is 57.2 Å². The third-order valence-corrected chi connectivity index (χ3v) is 9.47. The van der Waals surface area contributed by atoms with Gasteiger partial charge in [0.2, 0.25) is 5.91 Å². The van der Waals surface area contributed by atoms with Crippen molar-refractivity contribution in [1.29, 1.82) is 0 Å². The van der Waals surface area contributed by atoms with Crippen LogP contribution in [0.4, 0.5) is 5.69 Å². The second kappa shape index (κ2) is 13.3. The quantitative estimate of drug-likeness (QED) is 0.353. The van der Waals surface area contributed by atoms with Gasteiger partial charge >= 0.3 is 0 Å². The molecule has 6 heteroatoms. The normalized spacial score (nSPS) is 18.9. The fraction of sp³-hybridized carbons (Fsp3) is 0.576. The van der Waals surface area contributed by atoms with Gasteiger partial charge in [-0.25, -0.2) is 0 Å². The zero-order valence-corrected chi connectivity index (χ0v) is 24.9. The van der Waals surface area contributed by atoms with Crippen molar-refractivity contribution in [3.05, 3.63) is 58.1 Å². The van der Waals surface area contributed by atoms with E-state index >= 15 is 0 Å². The lowest BCUT2D eigenvalue weighted by atomic mass is 9.73. The molecule has 212 valence electrons. The van der Waals surface area contributed by atoms with E-state index in [9.17, 15) is 9.59 Å². The van der Waals surface area contributed by atoms with E-state index in [2.05, 4.69) is 37.1 Å². The first-order valence-electron chi connectivity index (χ1n) is 14.8. The van der Waals surface area contributed by atoms with Gasteiger partial charge in [-0.2, -0.15) is 0 Å². The molecule has 0 radical (unpaired) electrons. The van der Waals surface area contributed by atoms with Gasteiger partial charge in [-0.05, 0) is 105 Å². The van der Waals surface area contributed by atoms with Gasteiger partial charge in [0.15, 0.2) is 0 Å². The highest BCUT2D eigenvalue weighted by Gasteiger charge is 2.48. The molecule has 1 saturated carbocycles. The molecule has 39 heavy (non-hydrogen) atoms. The first kappa shape index (κ1) is 29.6. The minimum absolute atomic E-state index is 0.0958. The van der Waals surface area contributed by atoms with Gasteiger partial charge in [0.25, 0.3) is 0 Å². The maximum Gasteiger partial charge on any atom is 0.235 e. The number of nitrogens with zero attached hydrogens (tertiary/aromatic N) is 1. The van der Waals surface area contributed by atoms with Gasteiger partial charge in [0.05, 0.1) is 5.41 Å². The molecule has 0 bridgehead atoms. The molecule has 1 aliphatic carbocycles. The number of likely N-dealkylation sites (tertiary alicyclic amines) is 1. The van der Waals surface area contributed by atoms with Crippen LogP contribution < -0.4 is 10.1 Å². The summed E-state index contributed by atoms with van der Waals surface area (Å²) in [6.45, 7) is 11.5. The number of anilines is 1. The molecule has 0 aromatic heterocycles. The number of piperidine rings is 1. The second-order valence-corrected chi connectivity index (χ2v) is 12.2. The SMILES string of the molecule is CC(=O)CCc1cc(OCCN2CCC3(CC2)C(=O)Nc2ccc(Cl)cc23)ccc1C.CCC(C)C1CCC1. The summed E-state index contributed by atoms with van der Waals surface area (Å²) in [4.78, 5) is 26.4. The molecule has 1 amide bonds. The van der Waals surface area contributed by atoms with Crippen LogP contribution in [-0.2, 0) is 21.4 Å². The summed E-state index contributed by atoms with van der Waals surface area (Å²) in [7, 11) is 0. The lowest BCUT2D eigenvalue weighted by Gasteiger charge is -2.38. The number of carbonyl (C=O) groups excluding carboxylic acids is 2. The number of hydrogen-bond donors (Lipinski definition) is 1. The molecule has 1 unspecified atom stereocenters. The maximum absolute atomic E-state index is 12.8. The van der Waals surface area contributed by atoms with Crippen LogP contribution in [-0.4, -0.2) is 42.8 Å². The molecule has 2 heterocycles. The average molecular weight is 553 g/mol. The highest BCUT2D eigenvalue weighted by Crippen LogP contribution is 2.45. The van der Waals surface area contributed by atoms with Gasteiger partial charge in [0, 0.05) is 23.7 Å². The summed E-state index contributed by atoms with van der Waals surface area (Å²) < 4.78 is 6.00. The molecule has 3 aliphatic rings. The number of halogens is 1. The first-order valence-corrected chi connectivity index (χ1v) is 15.1. The smallest absolute Gasteiger partial charge is 0.235 e. The van der Waals surface area contributed by atoms with E-state index in [0.717, 1.165) is 73.3 Å². The van der Waals surface area contributed by atoms with Crippen molar-refractivity contribution < 1.29 is 14.3 Å². The van der Waals surface area contributed by atoms with Gasteiger partial charge in [0.1, 0.15) is 18.1 Å². The molecule has 5 rings (SSSR count). The van der Waals surface area contributed by atoms with Crippen molar-refractivity contribution in [2.24, 2.45) is 11.8 Å². The minimum Gasteiger partial charge on any atom is -0.492 e. The molecule has 1 saturated heterocycles. The van der Waals surface area contributed by atoms with E-state index in [-0.39, 0.29) is 11.7 Å². The summed E-state index contributed by atoms with van der Waals surface area (Å²) in [5.74, 6) is 3.24. The average Bonchev–Trinajstić information content (AvgIpc) is 3.14. The molecule has 1 spiro atoms. The number of Topliss-reactive ketones (excluding diaryl/α,β-unsaturated/α-hetero) is 1. The van der Waals surface area contributed by atoms with E-state index in [0.29, 0.717) is 18.1 Å². The van der Waals surface area contributed by atoms with E-state index in [1.54, 1.807) is 6.92 Å². The third-order valence-electron chi connectivity index (χ3n) is 9.23. The Morgan fingerprint density at radius 3 is 2.54 bits per heavy atom. The van der Waals surface area contributed by atoms with Crippen molar-refractivity contribution >= 4 is 29.0 Å². The highest BCUT2D eigenvalue weighted by atomic mass is 35.5. The predicted octanol–water partition coefficient (Wildman–Crippen LogP) is 7.37. The molecular weight excluding hydrogens is 508 g/mol. The zero-order chi connectivity index (χ0) is 28.0. The van der Waals surface area contributed by atoms with Crippen LogP contribution in [0.3, 0.4) is 0 Å². The van der Waals surface area contributed by atoms with Crippen molar-refractivity contribution in [3.8, 4) is 5.75 Å². The maximum atomic E-state index is 12.8. The number of nitrogens with one attached hydrogen (secondary N) is 1. The van der Waals surface area contributed by atoms with E-state index in [1.807, 2.05) is 30.3 Å². The van der Waals surface area contributed by atoms with Crippen LogP contribution in [0.2, 0.25) is 5.02 Å². The van der Waals surface area contributed by atoms with E-state index in [1.165, 1.54) is 31.2 Å². The standard InChI is InChI=1S/C25H29ClN2O3.C8H16/c1-17-3-7-21(15-19(17)5-4-18(2)29)31-14-13-28-11-9-25(10-12-28)22-16-20(26)6-8-23(22)27-24(25)30;1-3-7(2)8-5-4-6-8/h3,6-8,15-16H,4-5,9-14H2,1-2H3,(H,27,30);7-8H,3-6H2,1-2H3. The summed E-state index contributed by atoms with van der Waals surface area (Å²) in [5, 5.41) is 3.70. The number of fused-ring (bicyclic) bond motifs is 2. The molecule has 5 nitrogen and oxygen atoms in total. The molecule has 2 aliphatic heterocycles. The topological polar surface area (TPSA) is 58.6 Å². The Balaban J connectivity index is 0.000000379. The lowest BCUT2D eigenvalue weighted by Crippen LogP contribution is -2.47. The highest BCUT2D eigenvalue weighted by molar-refractivity contribution is 6.31. The van der Waals surface area contributed by atoms with Crippen LogP contribution in [0.5, 0.6) is 5.75 Å². The van der Waals surface area contributed by atoms with Gasteiger partial charge < -0.3 is 14.8 Å². The predicted molar refractivity (Wildman–Crippen MR) is 160 cm³/mol. The first-order chi connectivity index (χ1) is 18.7. The largest absolute Gasteiger partial charge is 0.492 e. The number of benzene rings is 2. The Bertz CT molecular complexity index is 1150. The number of rotatable bonds is 9. The van der Waals surface area contributed by atoms with E-state index in [4.69, 9.17) is 16.3 Å². The van der Waals surface area contributed by atoms with Gasteiger partial charge in [-0.15, -0.1) is 0 Å². The molecule has 1 atom stereocenters. The van der Waals surface area contributed by atoms with Crippen LogP contribution >= 0.6 is 11.6 Å². The summed E-state index contributed by atoms with van der Waals surface area (Å²) in [6.07, 6.45) is 8.77. The number of ketones is 1. The molecule has 2 aromatic carbocycles. The van der Waals surface area contributed by atoms with Crippen molar-refractivity contribution in [1.82, 2.24) is 4.90 Å². The van der Waals surface area contributed by atoms with Crippen LogP contribution in [0.1, 0.15) is 82.4 Å². The molecule has 2 fully saturated rings. The Morgan fingerprint density at radius 1 is 1.18 bits per heavy atom. The molecule has 2 aromatic rings. The van der Waals surface area contributed by atoms with Crippen LogP contribution in [0.15, 0.2) is 36.4 Å². The van der Waals surface area contributed by atoms with Gasteiger partial charge in [-0.3, -0.25) is 9.69 Å². The third kappa shape index (κ3) is 7.24. The second-order valence-electron chi connectivity index (χ2n) is 11.8. The van der Waals surface area contributed by atoms with Crippen molar-refractivity contribution in [3.63, 3.8) is 0 Å². The fourth-order valence-electron chi connectivity index (χ4n) is 5.99. The number of amides is 1. The Hall–Kier alpha value is -2.37. The van der Waals surface area contributed by atoms with Crippen LogP contribution in [0, 0.1) is 18.8 Å². The summed E-state index contributed by atoms with van der Waals surface area (Å²) >= 11 is 6.20. The van der Waals surface area contributed by atoms with Crippen molar-refractivity contribution in [2.45, 2.75) is 84.5 Å². The fourth-order valence-corrected chi connectivity index (χ4v) is 6.16. The monoisotopic (exact) mass is 552 g/mol. The summed E-state index contributed by atoms with van der Waals surface area (Å²) in [6, 6.07) is 11.7. The van der Waals surface area contributed by atoms with Crippen LogP contribution in [0.25, 0.3) is 0 Å². The zero-order valence-electron chi connectivity index (χ0n) is 24.2. The Labute approximate surface area is 239 Å². The number of ether oxygens (including phenoxy) is 1. The number of hydrogen-bond acceptors (Lipinski definition) is 4. The summed E-state index contributed by atoms with van der Waals surface area (Å²) in [5.41, 5.74) is 3.83. The van der Waals surface area contributed by atoms with Crippen molar-refractivity contribution in [2.75, 3.05) is 31.6 Å².